The van der Waals surface area contributed by atoms with Crippen molar-refractivity contribution in [1.29, 1.82) is 0 Å². The van der Waals surface area contributed by atoms with E-state index in [1.54, 1.807) is 24.3 Å². The molecule has 3 rings (SSSR count). The van der Waals surface area contributed by atoms with Crippen LogP contribution in [-0.2, 0) is 11.9 Å². The lowest BCUT2D eigenvalue weighted by atomic mass is 10.1. The highest BCUT2D eigenvalue weighted by molar-refractivity contribution is 6.21. The number of nitrogens with one attached hydrogen (secondary N) is 2. The fraction of sp³-hybridized carbons (Fsp3) is 0.333. The van der Waals surface area contributed by atoms with Crippen LogP contribution in [0.5, 0.6) is 0 Å². The summed E-state index contributed by atoms with van der Waals surface area (Å²) in [6.07, 6.45) is 0. The summed E-state index contributed by atoms with van der Waals surface area (Å²) in [4.78, 5) is 27.1. The molecule has 0 unspecified atom stereocenters. The Labute approximate surface area is 163 Å². The molecule has 2 aromatic carbocycles. The molecule has 0 radical (unpaired) electrons. The lowest BCUT2D eigenvalue weighted by molar-refractivity contribution is 0.0551. The van der Waals surface area contributed by atoms with Gasteiger partial charge in [-0.05, 0) is 37.9 Å². The molecule has 0 saturated heterocycles. The molecule has 2 N–H and O–H groups in total. The van der Waals surface area contributed by atoms with E-state index in [2.05, 4.69) is 25.3 Å². The van der Waals surface area contributed by atoms with Gasteiger partial charge in [-0.1, -0.05) is 29.4 Å². The molecule has 28 heavy (non-hydrogen) atoms. The third-order valence-corrected chi connectivity index (χ3v) is 3.92. The van der Waals surface area contributed by atoms with E-state index in [0.717, 1.165) is 5.56 Å². The highest BCUT2D eigenvalue weighted by atomic mass is 35.5. The van der Waals surface area contributed by atoms with Gasteiger partial charge in [0, 0.05) is 17.6 Å². The smallest absolute Gasteiger partial charge is 0.376 e. The zero-order valence-electron chi connectivity index (χ0n) is 15.3. The minimum Gasteiger partial charge on any atom is -0.376 e. The third-order valence-electron chi connectivity index (χ3n) is 3.76. The van der Waals surface area contributed by atoms with Gasteiger partial charge in [0.15, 0.2) is 0 Å². The molecule has 0 saturated carbocycles. The molecular formula is C18H17ClF2N4O3. The van der Waals surface area contributed by atoms with Gasteiger partial charge in [0.2, 0.25) is 5.82 Å². The van der Waals surface area contributed by atoms with E-state index in [4.69, 9.17) is 11.6 Å². The fourth-order valence-electron chi connectivity index (χ4n) is 2.47. The minimum atomic E-state index is -3.73. The van der Waals surface area contributed by atoms with Crippen LogP contribution in [0.15, 0.2) is 38.4 Å². The normalized spacial score (nSPS) is 12.4. The Kier molecular flexibility index (Phi) is 4.97. The van der Waals surface area contributed by atoms with Crippen LogP contribution < -0.4 is 21.5 Å². The van der Waals surface area contributed by atoms with Gasteiger partial charge in [0.05, 0.1) is 0 Å². The lowest BCUT2D eigenvalue weighted by Crippen LogP contribution is -2.41. The molecule has 3 aromatic rings. The average Bonchev–Trinajstić information content (AvgIpc) is 3.10. The molecule has 0 bridgehead atoms. The summed E-state index contributed by atoms with van der Waals surface area (Å²) in [5, 5.41) is 5.72. The molecule has 1 aromatic heterocycles. The Hall–Kier alpha value is -2.81. The van der Waals surface area contributed by atoms with Crippen LogP contribution in [0.4, 0.5) is 20.2 Å². The first-order valence-electron chi connectivity index (χ1n) is 8.31. The van der Waals surface area contributed by atoms with E-state index in [1.165, 1.54) is 0 Å². The SMILES string of the molecule is CC(C)(C)Nc1c(NCc2ccc(-c3noc(C(F)(F)Cl)n3)cc2)c(=O)c1=O. The van der Waals surface area contributed by atoms with Gasteiger partial charge in [-0.2, -0.15) is 13.8 Å². The number of hydrogen-bond acceptors (Lipinski definition) is 7. The number of halogens is 3. The Balaban J connectivity index is 1.69. The molecule has 1 heterocycles. The van der Waals surface area contributed by atoms with Gasteiger partial charge in [0.25, 0.3) is 10.9 Å². The van der Waals surface area contributed by atoms with Crippen LogP contribution in [-0.4, -0.2) is 15.7 Å². The second kappa shape index (κ2) is 6.97. The molecule has 0 atom stereocenters. The first-order valence-corrected chi connectivity index (χ1v) is 8.69. The largest absolute Gasteiger partial charge is 0.400 e. The predicted octanol–water partition coefficient (Wildman–Crippen LogP) is 3.44. The topological polar surface area (TPSA) is 97.1 Å². The standard InChI is InChI=1S/C18H17ClF2N4O3/c1-17(2,3)24-12-11(13(26)14(12)27)22-8-9-4-6-10(7-5-9)15-23-16(28-25-15)18(19,20)21/h4-7,22,24H,8H2,1-3H3. The van der Waals surface area contributed by atoms with Crippen LogP contribution in [0.25, 0.3) is 11.4 Å². The summed E-state index contributed by atoms with van der Waals surface area (Å²) in [5.41, 5.74) is 0.311. The first kappa shape index (κ1) is 19.9. The highest BCUT2D eigenvalue weighted by Crippen LogP contribution is 2.32. The second-order valence-corrected chi connectivity index (χ2v) is 7.73. The van der Waals surface area contributed by atoms with E-state index in [0.29, 0.717) is 12.1 Å². The Bertz CT molecular complexity index is 1060. The number of anilines is 2. The van der Waals surface area contributed by atoms with Gasteiger partial charge in [0.1, 0.15) is 11.4 Å². The molecule has 0 amide bonds. The first-order chi connectivity index (χ1) is 13.0. The predicted molar refractivity (Wildman–Crippen MR) is 102 cm³/mol. The minimum absolute atomic E-state index is 0.0195. The van der Waals surface area contributed by atoms with E-state index < -0.39 is 22.1 Å². The van der Waals surface area contributed by atoms with E-state index in [-0.39, 0.29) is 22.7 Å². The lowest BCUT2D eigenvalue weighted by Gasteiger charge is -2.24. The summed E-state index contributed by atoms with van der Waals surface area (Å²) >= 11 is 4.85. The zero-order valence-corrected chi connectivity index (χ0v) is 16.0. The Morgan fingerprint density at radius 3 is 2.21 bits per heavy atom. The molecule has 0 aliphatic carbocycles. The monoisotopic (exact) mass is 410 g/mol. The highest BCUT2D eigenvalue weighted by Gasteiger charge is 2.35. The van der Waals surface area contributed by atoms with Crippen molar-refractivity contribution >= 4 is 23.0 Å². The quantitative estimate of drug-likeness (QED) is 0.474. The van der Waals surface area contributed by atoms with Crippen LogP contribution in [0, 0.1) is 0 Å². The van der Waals surface area contributed by atoms with Crippen molar-refractivity contribution in [3.63, 3.8) is 0 Å². The van der Waals surface area contributed by atoms with Crippen molar-refractivity contribution < 1.29 is 13.3 Å². The maximum atomic E-state index is 13.0. The average molecular weight is 411 g/mol. The summed E-state index contributed by atoms with van der Waals surface area (Å²) in [6.45, 7) is 5.95. The Morgan fingerprint density at radius 1 is 1.07 bits per heavy atom. The van der Waals surface area contributed by atoms with Gasteiger partial charge < -0.3 is 15.2 Å². The summed E-state index contributed by atoms with van der Waals surface area (Å²) in [7, 11) is 0. The molecule has 0 aliphatic rings. The van der Waals surface area contributed by atoms with E-state index in [9.17, 15) is 18.4 Å². The van der Waals surface area contributed by atoms with Crippen LogP contribution in [0.3, 0.4) is 0 Å². The van der Waals surface area contributed by atoms with E-state index >= 15 is 0 Å². The van der Waals surface area contributed by atoms with Gasteiger partial charge in [-0.15, -0.1) is 0 Å². The van der Waals surface area contributed by atoms with Crippen molar-refractivity contribution in [2.45, 2.75) is 38.2 Å². The maximum Gasteiger partial charge on any atom is 0.400 e. The van der Waals surface area contributed by atoms with Crippen LogP contribution in [0.2, 0.25) is 0 Å². The van der Waals surface area contributed by atoms with Crippen molar-refractivity contribution in [1.82, 2.24) is 10.1 Å². The van der Waals surface area contributed by atoms with Crippen LogP contribution in [0.1, 0.15) is 32.2 Å². The molecule has 0 aliphatic heterocycles. The van der Waals surface area contributed by atoms with Crippen molar-refractivity contribution in [3.05, 3.63) is 56.2 Å². The molecule has 0 spiro atoms. The molecule has 7 nitrogen and oxygen atoms in total. The van der Waals surface area contributed by atoms with Crippen molar-refractivity contribution in [2.75, 3.05) is 10.6 Å². The number of aromatic nitrogens is 2. The number of rotatable bonds is 6. The molecular weight excluding hydrogens is 394 g/mol. The zero-order chi connectivity index (χ0) is 20.7. The summed E-state index contributed by atoms with van der Waals surface area (Å²) < 4.78 is 30.4. The maximum absolute atomic E-state index is 13.0. The fourth-order valence-corrected chi connectivity index (χ4v) is 2.55. The molecule has 148 valence electrons. The second-order valence-electron chi connectivity index (χ2n) is 7.25. The van der Waals surface area contributed by atoms with Gasteiger partial charge >= 0.3 is 11.3 Å². The van der Waals surface area contributed by atoms with Crippen molar-refractivity contribution in [3.8, 4) is 11.4 Å². The van der Waals surface area contributed by atoms with Gasteiger partial charge in [-0.3, -0.25) is 9.59 Å². The van der Waals surface area contributed by atoms with Crippen LogP contribution >= 0.6 is 11.6 Å². The molecule has 10 heteroatoms. The summed E-state index contributed by atoms with van der Waals surface area (Å²) in [6, 6.07) is 6.65. The number of hydrogen-bond donors (Lipinski definition) is 2. The van der Waals surface area contributed by atoms with Crippen molar-refractivity contribution in [2.24, 2.45) is 0 Å². The molecule has 0 fully saturated rings. The number of alkyl halides is 3. The Morgan fingerprint density at radius 2 is 1.68 bits per heavy atom. The number of benzene rings is 1. The third kappa shape index (κ3) is 4.19. The number of nitrogens with zero attached hydrogens (tertiary/aromatic N) is 2. The summed E-state index contributed by atoms with van der Waals surface area (Å²) in [5.74, 6) is -0.997. The van der Waals surface area contributed by atoms with Gasteiger partial charge in [-0.25, -0.2) is 0 Å². The van der Waals surface area contributed by atoms with E-state index in [1.807, 2.05) is 20.8 Å².